The summed E-state index contributed by atoms with van der Waals surface area (Å²) in [5, 5.41) is 0. The van der Waals surface area contributed by atoms with Gasteiger partial charge >= 0.3 is 6.18 Å². The van der Waals surface area contributed by atoms with Crippen molar-refractivity contribution in [3.63, 3.8) is 0 Å². The molecule has 1 saturated heterocycles. The number of carbonyl (C=O) groups is 1. The summed E-state index contributed by atoms with van der Waals surface area (Å²) in [5.74, 6) is -1.08. The molecule has 1 amide bonds. The maximum Gasteiger partial charge on any atom is 0.417 e. The topological polar surface area (TPSA) is 65.2 Å². The average Bonchev–Trinajstić information content (AvgIpc) is 2.80. The van der Waals surface area contributed by atoms with Crippen LogP contribution in [0.2, 0.25) is 0 Å². The van der Waals surface area contributed by atoms with Crippen LogP contribution < -0.4 is 5.73 Å². The van der Waals surface area contributed by atoms with Gasteiger partial charge in [0.25, 0.3) is 5.91 Å². The molecule has 1 unspecified atom stereocenters. The van der Waals surface area contributed by atoms with Crippen LogP contribution >= 0.6 is 0 Å². The number of hydrogen-bond acceptors (Lipinski definition) is 3. The fourth-order valence-corrected chi connectivity index (χ4v) is 1.90. The molecule has 0 bridgehead atoms. The number of pyridine rings is 1. The maximum atomic E-state index is 12.5. The maximum absolute atomic E-state index is 12.5. The van der Waals surface area contributed by atoms with Crippen molar-refractivity contribution in [3.8, 4) is 0 Å². The lowest BCUT2D eigenvalue weighted by Crippen LogP contribution is -2.19. The first kappa shape index (κ1) is 12.8. The third kappa shape index (κ3) is 2.45. The van der Waals surface area contributed by atoms with Crippen LogP contribution in [0.15, 0.2) is 12.3 Å². The Kier molecular flexibility index (Phi) is 3.25. The number of aromatic nitrogens is 1. The number of alkyl halides is 3. The summed E-state index contributed by atoms with van der Waals surface area (Å²) in [7, 11) is 0. The van der Waals surface area contributed by atoms with Crippen molar-refractivity contribution in [1.82, 2.24) is 4.98 Å². The first-order valence-electron chi connectivity index (χ1n) is 5.34. The molecule has 1 aromatic rings. The van der Waals surface area contributed by atoms with Crippen LogP contribution in [-0.2, 0) is 10.9 Å². The van der Waals surface area contributed by atoms with E-state index in [1.165, 1.54) is 0 Å². The van der Waals surface area contributed by atoms with Crippen molar-refractivity contribution < 1.29 is 22.7 Å². The monoisotopic (exact) mass is 260 g/mol. The fourth-order valence-electron chi connectivity index (χ4n) is 1.90. The summed E-state index contributed by atoms with van der Waals surface area (Å²) in [5.41, 5.74) is 4.24. The highest BCUT2D eigenvalue weighted by atomic mass is 19.4. The Bertz CT molecular complexity index is 468. The normalized spacial score (nSPS) is 20.1. The van der Waals surface area contributed by atoms with Gasteiger partial charge in [0.15, 0.2) is 0 Å². The van der Waals surface area contributed by atoms with Gasteiger partial charge in [-0.3, -0.25) is 9.78 Å². The molecule has 1 aromatic heterocycles. The van der Waals surface area contributed by atoms with E-state index in [4.69, 9.17) is 10.5 Å². The molecular formula is C11H11F3N2O2. The molecule has 18 heavy (non-hydrogen) atoms. The summed E-state index contributed by atoms with van der Waals surface area (Å²) in [6, 6.07) is 0.753. The van der Waals surface area contributed by atoms with Crippen LogP contribution in [-0.4, -0.2) is 24.1 Å². The zero-order chi connectivity index (χ0) is 13.3. The molecule has 2 N–H and O–H groups in total. The van der Waals surface area contributed by atoms with E-state index in [9.17, 15) is 18.0 Å². The van der Waals surface area contributed by atoms with E-state index in [1.807, 2.05) is 0 Å². The molecule has 7 heteroatoms. The third-order valence-corrected chi connectivity index (χ3v) is 2.83. The minimum absolute atomic E-state index is 0.171. The van der Waals surface area contributed by atoms with E-state index < -0.39 is 17.6 Å². The average molecular weight is 260 g/mol. The van der Waals surface area contributed by atoms with Crippen molar-refractivity contribution in [2.24, 2.45) is 5.73 Å². The molecule has 0 saturated carbocycles. The predicted molar refractivity (Wildman–Crippen MR) is 55.9 cm³/mol. The molecule has 0 aromatic carbocycles. The van der Waals surface area contributed by atoms with Gasteiger partial charge in [-0.15, -0.1) is 0 Å². The van der Waals surface area contributed by atoms with E-state index >= 15 is 0 Å². The molecule has 1 aliphatic rings. The van der Waals surface area contributed by atoms with E-state index in [-0.39, 0.29) is 17.2 Å². The second-order valence-corrected chi connectivity index (χ2v) is 4.08. The van der Waals surface area contributed by atoms with Crippen LogP contribution in [0.4, 0.5) is 13.2 Å². The fraction of sp³-hybridized carbons (Fsp3) is 0.455. The van der Waals surface area contributed by atoms with Gasteiger partial charge in [0, 0.05) is 18.7 Å². The van der Waals surface area contributed by atoms with E-state index in [0.29, 0.717) is 19.6 Å². The smallest absolute Gasteiger partial charge is 0.381 e. The van der Waals surface area contributed by atoms with Crippen LogP contribution in [0.5, 0.6) is 0 Å². The minimum atomic E-state index is -4.54. The van der Waals surface area contributed by atoms with E-state index in [0.717, 1.165) is 12.3 Å². The zero-order valence-electron chi connectivity index (χ0n) is 9.33. The molecule has 2 rings (SSSR count). The number of ether oxygens (including phenoxy) is 1. The number of amides is 1. The first-order chi connectivity index (χ1) is 8.39. The predicted octanol–water partition coefficient (Wildman–Crippen LogP) is 1.70. The van der Waals surface area contributed by atoms with Crippen molar-refractivity contribution in [2.75, 3.05) is 13.2 Å². The standard InChI is InChI=1S/C11H11F3N2O2/c12-11(13,14)7-3-8(10(15)17)9(16-4-7)6-1-2-18-5-6/h3-4,6H,1-2,5H2,(H2,15,17). The number of hydrogen-bond donors (Lipinski definition) is 1. The van der Waals surface area contributed by atoms with E-state index in [2.05, 4.69) is 4.98 Å². The second kappa shape index (κ2) is 4.56. The second-order valence-electron chi connectivity index (χ2n) is 4.08. The van der Waals surface area contributed by atoms with Crippen LogP contribution in [0.3, 0.4) is 0 Å². The number of halogens is 3. The quantitative estimate of drug-likeness (QED) is 0.880. The Labute approximate surface area is 101 Å². The van der Waals surface area contributed by atoms with Crippen molar-refractivity contribution in [2.45, 2.75) is 18.5 Å². The van der Waals surface area contributed by atoms with Crippen LogP contribution in [0.25, 0.3) is 0 Å². The molecule has 1 fully saturated rings. The third-order valence-electron chi connectivity index (χ3n) is 2.83. The van der Waals surface area contributed by atoms with Crippen molar-refractivity contribution >= 4 is 5.91 Å². The lowest BCUT2D eigenvalue weighted by molar-refractivity contribution is -0.137. The Hall–Kier alpha value is -1.63. The Morgan fingerprint density at radius 3 is 2.72 bits per heavy atom. The highest BCUT2D eigenvalue weighted by molar-refractivity contribution is 5.94. The Morgan fingerprint density at radius 2 is 2.22 bits per heavy atom. The largest absolute Gasteiger partial charge is 0.417 e. The summed E-state index contributed by atoms with van der Waals surface area (Å²) < 4.78 is 42.7. The van der Waals surface area contributed by atoms with Crippen LogP contribution in [0, 0.1) is 0 Å². The molecule has 0 aliphatic carbocycles. The van der Waals surface area contributed by atoms with Gasteiger partial charge in [0.05, 0.1) is 23.4 Å². The molecule has 2 heterocycles. The Morgan fingerprint density at radius 1 is 1.50 bits per heavy atom. The van der Waals surface area contributed by atoms with Gasteiger partial charge in [-0.05, 0) is 12.5 Å². The summed E-state index contributed by atoms with van der Waals surface area (Å²) in [6.45, 7) is 0.851. The number of rotatable bonds is 2. The molecule has 0 radical (unpaired) electrons. The molecular weight excluding hydrogens is 249 g/mol. The summed E-state index contributed by atoms with van der Waals surface area (Å²) in [6.07, 6.45) is -3.19. The zero-order valence-corrected chi connectivity index (χ0v) is 9.33. The van der Waals surface area contributed by atoms with Crippen molar-refractivity contribution in [1.29, 1.82) is 0 Å². The first-order valence-corrected chi connectivity index (χ1v) is 5.34. The summed E-state index contributed by atoms with van der Waals surface area (Å²) in [4.78, 5) is 15.0. The SMILES string of the molecule is NC(=O)c1cc(C(F)(F)F)cnc1C1CCOC1. The molecule has 1 atom stereocenters. The van der Waals surface area contributed by atoms with Gasteiger partial charge in [0.1, 0.15) is 0 Å². The van der Waals surface area contributed by atoms with Gasteiger partial charge in [-0.1, -0.05) is 0 Å². The van der Waals surface area contributed by atoms with Gasteiger partial charge in [-0.2, -0.15) is 13.2 Å². The lowest BCUT2D eigenvalue weighted by Gasteiger charge is -2.13. The highest BCUT2D eigenvalue weighted by Gasteiger charge is 2.33. The van der Waals surface area contributed by atoms with E-state index in [1.54, 1.807) is 0 Å². The molecule has 1 aliphatic heterocycles. The minimum Gasteiger partial charge on any atom is -0.381 e. The van der Waals surface area contributed by atoms with Gasteiger partial charge in [-0.25, -0.2) is 0 Å². The number of nitrogens with zero attached hydrogens (tertiary/aromatic N) is 1. The molecule has 0 spiro atoms. The van der Waals surface area contributed by atoms with Gasteiger partial charge < -0.3 is 10.5 Å². The number of primary amides is 1. The Balaban J connectivity index is 2.44. The highest BCUT2D eigenvalue weighted by Crippen LogP contribution is 2.32. The lowest BCUT2D eigenvalue weighted by atomic mass is 9.98. The molecule has 4 nitrogen and oxygen atoms in total. The van der Waals surface area contributed by atoms with Crippen molar-refractivity contribution in [3.05, 3.63) is 29.1 Å². The summed E-state index contributed by atoms with van der Waals surface area (Å²) >= 11 is 0. The number of nitrogens with two attached hydrogens (primary N) is 1. The van der Waals surface area contributed by atoms with Crippen LogP contribution in [0.1, 0.15) is 34.0 Å². The number of carbonyl (C=O) groups excluding carboxylic acids is 1. The molecule has 98 valence electrons. The van der Waals surface area contributed by atoms with Gasteiger partial charge in [0.2, 0.25) is 0 Å².